The van der Waals surface area contributed by atoms with Crippen molar-refractivity contribution in [3.05, 3.63) is 53.8 Å². The number of rotatable bonds is 8. The predicted molar refractivity (Wildman–Crippen MR) is 119 cm³/mol. The molecular weight excluding hydrogens is 476 g/mol. The molecule has 0 aliphatic rings. The Hall–Kier alpha value is -2.23. The van der Waals surface area contributed by atoms with E-state index in [2.05, 4.69) is 10.3 Å². The number of methoxy groups -OCH3 is 1. The molecule has 2 aromatic rings. The average molecular weight is 503 g/mol. The summed E-state index contributed by atoms with van der Waals surface area (Å²) >= 11 is 0. The van der Waals surface area contributed by atoms with Gasteiger partial charge in [-0.3, -0.25) is 0 Å². The normalized spacial score (nSPS) is 10.8. The number of halogens is 2. The molecule has 0 saturated carbocycles. The lowest BCUT2D eigenvalue weighted by molar-refractivity contribution is 0.270. The van der Waals surface area contributed by atoms with Crippen LogP contribution in [0.5, 0.6) is 17.2 Å². The Morgan fingerprint density at radius 3 is 2.57 bits per heavy atom. The van der Waals surface area contributed by atoms with E-state index in [1.165, 1.54) is 13.2 Å². The van der Waals surface area contributed by atoms with Gasteiger partial charge in [0.15, 0.2) is 29.0 Å². The summed E-state index contributed by atoms with van der Waals surface area (Å²) in [7, 11) is 3.38. The summed E-state index contributed by atoms with van der Waals surface area (Å²) in [6, 6.07) is 11.6. The Balaban J connectivity index is 0.00000392. The van der Waals surface area contributed by atoms with Gasteiger partial charge < -0.3 is 24.8 Å². The monoisotopic (exact) mass is 503 g/mol. The van der Waals surface area contributed by atoms with E-state index in [0.29, 0.717) is 43.5 Å². The highest BCUT2D eigenvalue weighted by Gasteiger charge is 2.10. The van der Waals surface area contributed by atoms with Gasteiger partial charge in [0.25, 0.3) is 0 Å². The molecule has 28 heavy (non-hydrogen) atoms. The average Bonchev–Trinajstić information content (AvgIpc) is 2.67. The summed E-state index contributed by atoms with van der Waals surface area (Å²) in [5, 5.41) is 13.4. The molecule has 8 heteroatoms. The number of guanidine groups is 1. The van der Waals surface area contributed by atoms with Crippen LogP contribution in [0.4, 0.5) is 4.39 Å². The lowest BCUT2D eigenvalue weighted by atomic mass is 10.2. The zero-order chi connectivity index (χ0) is 19.6. The molecule has 0 heterocycles. The first kappa shape index (κ1) is 23.8. The van der Waals surface area contributed by atoms with Crippen LogP contribution in [0.25, 0.3) is 0 Å². The second-order valence-corrected chi connectivity index (χ2v) is 5.84. The first-order chi connectivity index (χ1) is 13.1. The number of phenols is 1. The Kier molecular flexibility index (Phi) is 10.4. The molecule has 0 bridgehead atoms. The number of hydrogen-bond acceptors (Lipinski definition) is 4. The minimum atomic E-state index is -0.380. The van der Waals surface area contributed by atoms with Gasteiger partial charge in [0, 0.05) is 19.2 Å². The molecule has 0 radical (unpaired) electrons. The maximum Gasteiger partial charge on any atom is 0.194 e. The number of phenolic OH excluding ortho intramolecular Hbond substituents is 1. The molecule has 2 aromatic carbocycles. The smallest absolute Gasteiger partial charge is 0.194 e. The van der Waals surface area contributed by atoms with Gasteiger partial charge in [-0.25, -0.2) is 9.38 Å². The van der Waals surface area contributed by atoms with Crippen LogP contribution in [-0.4, -0.2) is 49.8 Å². The summed E-state index contributed by atoms with van der Waals surface area (Å²) < 4.78 is 24.2. The highest BCUT2D eigenvalue weighted by molar-refractivity contribution is 14.0. The van der Waals surface area contributed by atoms with E-state index in [4.69, 9.17) is 9.47 Å². The third kappa shape index (κ3) is 6.74. The van der Waals surface area contributed by atoms with Gasteiger partial charge in [0.1, 0.15) is 6.61 Å². The van der Waals surface area contributed by atoms with Crippen molar-refractivity contribution in [2.24, 2.45) is 4.99 Å². The number of likely N-dealkylation sites (N-methyl/N-ethyl adjacent to an activating group) is 1. The predicted octanol–water partition coefficient (Wildman–Crippen LogP) is 3.63. The van der Waals surface area contributed by atoms with Crippen molar-refractivity contribution in [3.8, 4) is 17.2 Å². The van der Waals surface area contributed by atoms with Crippen molar-refractivity contribution < 1.29 is 19.0 Å². The molecule has 0 fully saturated rings. The van der Waals surface area contributed by atoms with Crippen LogP contribution in [0.3, 0.4) is 0 Å². The van der Waals surface area contributed by atoms with Crippen molar-refractivity contribution in [2.75, 3.05) is 33.9 Å². The molecular formula is C20H27FIN3O3. The molecule has 0 atom stereocenters. The van der Waals surface area contributed by atoms with Crippen LogP contribution in [0.2, 0.25) is 0 Å². The number of nitrogens with zero attached hydrogens (tertiary/aromatic N) is 2. The number of hydrogen-bond donors (Lipinski definition) is 2. The number of ether oxygens (including phenoxy) is 2. The molecule has 6 nitrogen and oxygen atoms in total. The Morgan fingerprint density at radius 1 is 1.18 bits per heavy atom. The summed E-state index contributed by atoms with van der Waals surface area (Å²) in [5.41, 5.74) is 0.667. The van der Waals surface area contributed by atoms with Crippen LogP contribution in [0, 0.1) is 5.82 Å². The maximum atomic E-state index is 13.6. The minimum absolute atomic E-state index is 0. The molecule has 0 aliphatic heterocycles. The van der Waals surface area contributed by atoms with Crippen LogP contribution in [0.15, 0.2) is 47.5 Å². The lowest BCUT2D eigenvalue weighted by Gasteiger charge is -2.22. The van der Waals surface area contributed by atoms with Gasteiger partial charge in [0.05, 0.1) is 20.2 Å². The van der Waals surface area contributed by atoms with E-state index in [9.17, 15) is 9.50 Å². The van der Waals surface area contributed by atoms with Gasteiger partial charge in [-0.05, 0) is 25.1 Å². The molecule has 2 rings (SSSR count). The fraction of sp³-hybridized carbons (Fsp3) is 0.350. The first-order valence-electron chi connectivity index (χ1n) is 8.78. The highest BCUT2D eigenvalue weighted by Crippen LogP contribution is 2.29. The van der Waals surface area contributed by atoms with Crippen molar-refractivity contribution in [3.63, 3.8) is 0 Å². The van der Waals surface area contributed by atoms with Gasteiger partial charge in [0.2, 0.25) is 0 Å². The van der Waals surface area contributed by atoms with E-state index in [-0.39, 0.29) is 41.3 Å². The fourth-order valence-corrected chi connectivity index (χ4v) is 2.45. The molecule has 0 aromatic heterocycles. The minimum Gasteiger partial charge on any atom is -0.504 e. The van der Waals surface area contributed by atoms with Crippen molar-refractivity contribution >= 4 is 29.9 Å². The summed E-state index contributed by atoms with van der Waals surface area (Å²) in [5.74, 6) is 1.02. The Bertz CT molecular complexity index is 774. The van der Waals surface area contributed by atoms with Crippen LogP contribution in [0.1, 0.15) is 12.5 Å². The molecule has 0 aliphatic carbocycles. The van der Waals surface area contributed by atoms with Gasteiger partial charge in [-0.1, -0.05) is 24.3 Å². The van der Waals surface area contributed by atoms with Crippen LogP contribution in [-0.2, 0) is 6.54 Å². The fourth-order valence-electron chi connectivity index (χ4n) is 2.45. The standard InChI is InChI=1S/C20H26FN3O3.HI/c1-4-22-20(23-14-15-8-7-11-18(26-3)19(15)25)24(2)12-13-27-17-10-6-5-9-16(17)21;/h5-11,25H,4,12-14H2,1-3H3,(H,22,23);1H. The van der Waals surface area contributed by atoms with Crippen molar-refractivity contribution in [2.45, 2.75) is 13.5 Å². The van der Waals surface area contributed by atoms with E-state index in [1.54, 1.807) is 30.3 Å². The number of nitrogens with one attached hydrogen (secondary N) is 1. The van der Waals surface area contributed by atoms with E-state index < -0.39 is 0 Å². The third-order valence-corrected chi connectivity index (χ3v) is 3.92. The van der Waals surface area contributed by atoms with E-state index >= 15 is 0 Å². The van der Waals surface area contributed by atoms with Gasteiger partial charge in [-0.2, -0.15) is 0 Å². The number of aromatic hydroxyl groups is 1. The summed E-state index contributed by atoms with van der Waals surface area (Å²) in [6.07, 6.45) is 0. The van der Waals surface area contributed by atoms with E-state index in [0.717, 1.165) is 0 Å². The molecule has 2 N–H and O–H groups in total. The lowest BCUT2D eigenvalue weighted by Crippen LogP contribution is -2.40. The van der Waals surface area contributed by atoms with Gasteiger partial charge >= 0.3 is 0 Å². The number of aliphatic imine (C=N–C) groups is 1. The maximum absolute atomic E-state index is 13.6. The third-order valence-electron chi connectivity index (χ3n) is 3.92. The summed E-state index contributed by atoms with van der Waals surface area (Å²) in [6.45, 7) is 3.80. The van der Waals surface area contributed by atoms with Gasteiger partial charge in [-0.15, -0.1) is 24.0 Å². The molecule has 0 spiro atoms. The van der Waals surface area contributed by atoms with Crippen LogP contribution < -0.4 is 14.8 Å². The molecule has 154 valence electrons. The van der Waals surface area contributed by atoms with E-state index in [1.807, 2.05) is 24.9 Å². The SMILES string of the molecule is CCNC(=NCc1cccc(OC)c1O)N(C)CCOc1ccccc1F.I. The number of para-hydroxylation sites is 2. The van der Waals surface area contributed by atoms with Crippen molar-refractivity contribution in [1.29, 1.82) is 0 Å². The number of benzene rings is 2. The zero-order valence-corrected chi connectivity index (χ0v) is 18.6. The second kappa shape index (κ2) is 12.3. The summed E-state index contributed by atoms with van der Waals surface area (Å²) in [4.78, 5) is 6.44. The quantitative estimate of drug-likeness (QED) is 0.327. The Morgan fingerprint density at radius 2 is 1.89 bits per heavy atom. The Labute approximate surface area is 182 Å². The topological polar surface area (TPSA) is 66.3 Å². The molecule has 0 saturated heterocycles. The first-order valence-corrected chi connectivity index (χ1v) is 8.78. The molecule has 0 unspecified atom stereocenters. The largest absolute Gasteiger partial charge is 0.504 e. The van der Waals surface area contributed by atoms with Crippen LogP contribution >= 0.6 is 24.0 Å². The van der Waals surface area contributed by atoms with Crippen molar-refractivity contribution in [1.82, 2.24) is 10.2 Å². The highest BCUT2D eigenvalue weighted by atomic mass is 127. The molecule has 0 amide bonds. The second-order valence-electron chi connectivity index (χ2n) is 5.84. The zero-order valence-electron chi connectivity index (χ0n) is 16.3.